The van der Waals surface area contributed by atoms with Gasteiger partial charge in [-0.15, -0.1) is 0 Å². The third kappa shape index (κ3) is 2.45. The van der Waals surface area contributed by atoms with E-state index in [2.05, 4.69) is 5.16 Å². The van der Waals surface area contributed by atoms with Crippen molar-refractivity contribution < 1.29 is 23.2 Å². The molecule has 0 saturated heterocycles. The molecule has 0 saturated carbocycles. The number of fused-ring (bicyclic) bond motifs is 2. The zero-order chi connectivity index (χ0) is 17.6. The van der Waals surface area contributed by atoms with Gasteiger partial charge in [0.25, 0.3) is 0 Å². The minimum Gasteiger partial charge on any atom is -0.478 e. The highest BCUT2D eigenvalue weighted by atomic mass is 19.1. The van der Waals surface area contributed by atoms with Gasteiger partial charge in [-0.1, -0.05) is 17.3 Å². The summed E-state index contributed by atoms with van der Waals surface area (Å²) in [6.07, 6.45) is -0.252. The van der Waals surface area contributed by atoms with Gasteiger partial charge in [0.2, 0.25) is 0 Å². The van der Waals surface area contributed by atoms with Crippen LogP contribution in [-0.4, -0.2) is 23.8 Å². The first-order valence-corrected chi connectivity index (χ1v) is 8.10. The molecule has 0 fully saturated rings. The van der Waals surface area contributed by atoms with Crippen molar-refractivity contribution in [2.45, 2.75) is 26.4 Å². The topological polar surface area (TPSA) is 61.6 Å². The monoisotopic (exact) mass is 341 g/mol. The van der Waals surface area contributed by atoms with Crippen molar-refractivity contribution in [2.24, 2.45) is 0 Å². The normalized spacial score (nSPS) is 15.9. The fourth-order valence-corrected chi connectivity index (χ4v) is 3.20. The van der Waals surface area contributed by atoms with Crippen LogP contribution >= 0.6 is 0 Å². The average molecular weight is 341 g/mol. The van der Waals surface area contributed by atoms with Crippen LogP contribution in [0.15, 0.2) is 34.9 Å². The van der Waals surface area contributed by atoms with Crippen LogP contribution in [0.5, 0.6) is 5.75 Å². The number of ether oxygens (including phenoxy) is 2. The van der Waals surface area contributed by atoms with E-state index in [4.69, 9.17) is 14.0 Å². The van der Waals surface area contributed by atoms with E-state index in [1.165, 1.54) is 6.07 Å². The van der Waals surface area contributed by atoms with Crippen LogP contribution in [0.1, 0.15) is 18.1 Å². The number of benzene rings is 2. The number of carbonyl (C=O) groups is 1. The lowest BCUT2D eigenvalue weighted by atomic mass is 10.0. The molecule has 1 unspecified atom stereocenters. The average Bonchev–Trinajstić information content (AvgIpc) is 3.21. The number of carbonyl (C=O) groups excluding carboxylic acids is 1. The molecule has 4 rings (SSSR count). The van der Waals surface area contributed by atoms with E-state index < -0.39 is 6.10 Å². The van der Waals surface area contributed by atoms with Gasteiger partial charge in [-0.25, -0.2) is 9.18 Å². The molecule has 0 bridgehead atoms. The summed E-state index contributed by atoms with van der Waals surface area (Å²) in [5, 5.41) is 4.75. The lowest BCUT2D eigenvalue weighted by Gasteiger charge is -2.09. The molecule has 0 aliphatic carbocycles. The van der Waals surface area contributed by atoms with E-state index in [1.807, 2.05) is 13.0 Å². The molecule has 128 valence electrons. The Morgan fingerprint density at radius 3 is 2.96 bits per heavy atom. The maximum absolute atomic E-state index is 14.1. The van der Waals surface area contributed by atoms with Gasteiger partial charge in [0.15, 0.2) is 11.7 Å². The summed E-state index contributed by atoms with van der Waals surface area (Å²) in [5.41, 5.74) is 2.96. The molecule has 3 aromatic rings. The van der Waals surface area contributed by atoms with Crippen LogP contribution in [0.4, 0.5) is 4.39 Å². The molecule has 2 aromatic carbocycles. The van der Waals surface area contributed by atoms with Gasteiger partial charge in [-0.2, -0.15) is 0 Å². The van der Waals surface area contributed by atoms with Gasteiger partial charge >= 0.3 is 5.97 Å². The second kappa shape index (κ2) is 5.88. The fraction of sp³-hybridized carbons (Fsp3) is 0.263. The number of rotatable bonds is 3. The fourth-order valence-electron chi connectivity index (χ4n) is 3.20. The van der Waals surface area contributed by atoms with Gasteiger partial charge in [-0.05, 0) is 37.6 Å². The number of aromatic nitrogens is 1. The van der Waals surface area contributed by atoms with Gasteiger partial charge in [0, 0.05) is 17.5 Å². The molecular formula is C19H16FNO4. The smallest absolute Gasteiger partial charge is 0.347 e. The third-order valence-electron chi connectivity index (χ3n) is 4.36. The van der Waals surface area contributed by atoms with Crippen molar-refractivity contribution in [1.82, 2.24) is 5.16 Å². The number of aryl methyl sites for hydroxylation is 1. The van der Waals surface area contributed by atoms with Gasteiger partial charge < -0.3 is 14.0 Å². The standard InChI is InChI=1S/C19H16FNO4/c1-3-23-19(22)15-9-11-8-13-16(12-6-4-5-7-14(12)20)21-25-18(13)10(2)17(11)24-15/h4-8,15H,3,9H2,1-2H3. The van der Waals surface area contributed by atoms with Crippen molar-refractivity contribution in [2.75, 3.05) is 6.61 Å². The van der Waals surface area contributed by atoms with Gasteiger partial charge in [0.1, 0.15) is 17.3 Å². The number of halogens is 1. The first-order valence-electron chi connectivity index (χ1n) is 8.10. The zero-order valence-corrected chi connectivity index (χ0v) is 13.8. The second-order valence-corrected chi connectivity index (χ2v) is 5.94. The Kier molecular flexibility index (Phi) is 3.67. The van der Waals surface area contributed by atoms with Crippen molar-refractivity contribution in [3.8, 4) is 17.0 Å². The van der Waals surface area contributed by atoms with Gasteiger partial charge in [-0.3, -0.25) is 0 Å². The summed E-state index contributed by atoms with van der Waals surface area (Å²) in [7, 11) is 0. The largest absolute Gasteiger partial charge is 0.478 e. The van der Waals surface area contributed by atoms with E-state index in [0.29, 0.717) is 41.0 Å². The molecule has 0 N–H and O–H groups in total. The summed E-state index contributed by atoms with van der Waals surface area (Å²) in [4.78, 5) is 12.0. The van der Waals surface area contributed by atoms with E-state index in [-0.39, 0.29) is 11.8 Å². The van der Waals surface area contributed by atoms with Gasteiger partial charge in [0.05, 0.1) is 12.0 Å². The summed E-state index contributed by atoms with van der Waals surface area (Å²) in [6.45, 7) is 3.90. The van der Waals surface area contributed by atoms with Crippen molar-refractivity contribution in [3.05, 3.63) is 47.3 Å². The molecule has 5 nitrogen and oxygen atoms in total. The molecule has 1 aliphatic rings. The van der Waals surface area contributed by atoms with Crippen molar-refractivity contribution in [3.63, 3.8) is 0 Å². The molecule has 0 radical (unpaired) electrons. The Hall–Kier alpha value is -2.89. The Bertz CT molecular complexity index is 979. The third-order valence-corrected chi connectivity index (χ3v) is 4.36. The lowest BCUT2D eigenvalue weighted by Crippen LogP contribution is -2.27. The summed E-state index contributed by atoms with van der Waals surface area (Å²) in [5.74, 6) is -0.138. The molecule has 1 aliphatic heterocycles. The van der Waals surface area contributed by atoms with Crippen molar-refractivity contribution >= 4 is 16.9 Å². The molecule has 25 heavy (non-hydrogen) atoms. The quantitative estimate of drug-likeness (QED) is 0.678. The first kappa shape index (κ1) is 15.6. The maximum Gasteiger partial charge on any atom is 0.347 e. The Morgan fingerprint density at radius 2 is 2.20 bits per heavy atom. The second-order valence-electron chi connectivity index (χ2n) is 5.94. The van der Waals surface area contributed by atoms with Crippen LogP contribution in [0.25, 0.3) is 22.2 Å². The lowest BCUT2D eigenvalue weighted by molar-refractivity contribution is -0.150. The number of esters is 1. The highest BCUT2D eigenvalue weighted by Gasteiger charge is 2.33. The van der Waals surface area contributed by atoms with E-state index in [0.717, 1.165) is 11.1 Å². The SMILES string of the molecule is CCOC(=O)C1Cc2cc3c(-c4ccccc4F)noc3c(C)c2O1. The number of nitrogens with zero attached hydrogens (tertiary/aromatic N) is 1. The predicted molar refractivity (Wildman–Crippen MR) is 88.9 cm³/mol. The van der Waals surface area contributed by atoms with Crippen LogP contribution in [0.2, 0.25) is 0 Å². The summed E-state index contributed by atoms with van der Waals surface area (Å²) >= 11 is 0. The minimum absolute atomic E-state index is 0.303. The van der Waals surface area contributed by atoms with E-state index in [9.17, 15) is 9.18 Å². The molecule has 2 heterocycles. The van der Waals surface area contributed by atoms with E-state index in [1.54, 1.807) is 25.1 Å². The van der Waals surface area contributed by atoms with Crippen LogP contribution in [0.3, 0.4) is 0 Å². The van der Waals surface area contributed by atoms with Crippen molar-refractivity contribution in [1.29, 1.82) is 0 Å². The van der Waals surface area contributed by atoms with Crippen LogP contribution in [-0.2, 0) is 16.0 Å². The number of hydrogen-bond acceptors (Lipinski definition) is 5. The Balaban J connectivity index is 1.81. The van der Waals surface area contributed by atoms with E-state index >= 15 is 0 Å². The number of hydrogen-bond donors (Lipinski definition) is 0. The summed E-state index contributed by atoms with van der Waals surface area (Å²) in [6, 6.07) is 8.28. The zero-order valence-electron chi connectivity index (χ0n) is 13.8. The Morgan fingerprint density at radius 1 is 1.40 bits per heavy atom. The van der Waals surface area contributed by atoms with Crippen LogP contribution < -0.4 is 4.74 Å². The minimum atomic E-state index is -0.662. The maximum atomic E-state index is 14.1. The molecule has 0 spiro atoms. The molecule has 0 amide bonds. The predicted octanol–water partition coefficient (Wildman–Crippen LogP) is 3.81. The summed E-state index contributed by atoms with van der Waals surface area (Å²) < 4.78 is 30.4. The van der Waals surface area contributed by atoms with Crippen LogP contribution in [0, 0.1) is 12.7 Å². The molecule has 1 atom stereocenters. The first-order chi connectivity index (χ1) is 12.1. The Labute approximate surface area is 143 Å². The highest BCUT2D eigenvalue weighted by molar-refractivity contribution is 5.95. The highest BCUT2D eigenvalue weighted by Crippen LogP contribution is 2.41. The molecule has 6 heteroatoms. The molecule has 1 aromatic heterocycles. The molecular weight excluding hydrogens is 325 g/mol.